The lowest BCUT2D eigenvalue weighted by Crippen LogP contribution is -2.10. The predicted octanol–water partition coefficient (Wildman–Crippen LogP) is 3.01. The first-order chi connectivity index (χ1) is 7.63. The number of H-pyrrole nitrogens is 1. The highest BCUT2D eigenvalue weighted by Crippen LogP contribution is 2.20. The van der Waals surface area contributed by atoms with Crippen molar-refractivity contribution >= 4 is 12.2 Å². The minimum atomic E-state index is 0.0300. The topological polar surface area (TPSA) is 46.8 Å². The summed E-state index contributed by atoms with van der Waals surface area (Å²) in [6.07, 6.45) is 4.60. The molecule has 1 atom stereocenters. The summed E-state index contributed by atoms with van der Waals surface area (Å²) in [5, 5.41) is 0. The number of rotatable bonds is 3. The molecule has 2 rings (SSSR count). The monoisotopic (exact) mass is 237 g/mol. The van der Waals surface area contributed by atoms with Crippen LogP contribution in [-0.2, 0) is 6.42 Å². The molecule has 0 saturated heterocycles. The second-order valence-electron chi connectivity index (χ2n) is 3.79. The second-order valence-corrected chi connectivity index (χ2v) is 4.18. The van der Waals surface area contributed by atoms with Gasteiger partial charge >= 0.3 is 0 Å². The summed E-state index contributed by atoms with van der Waals surface area (Å²) < 4.78 is 8.28. The fraction of sp³-hybridized carbons (Fsp3) is 0.455. The number of aromatic amines is 1. The lowest BCUT2D eigenvalue weighted by molar-refractivity contribution is 0.409. The molecule has 0 bridgehead atoms. The Hall–Kier alpha value is -1.36. The SMILES string of the molecule is CCc1c[nH]c(=S)n1C(C)c1ncc(C)o1. The van der Waals surface area contributed by atoms with E-state index in [1.54, 1.807) is 6.20 Å². The molecule has 2 heterocycles. The van der Waals surface area contributed by atoms with Crippen molar-refractivity contribution in [2.75, 3.05) is 0 Å². The molecule has 0 radical (unpaired) electrons. The molecule has 0 saturated carbocycles. The minimum Gasteiger partial charge on any atom is -0.444 e. The van der Waals surface area contributed by atoms with Crippen LogP contribution in [-0.4, -0.2) is 14.5 Å². The Kier molecular flexibility index (Phi) is 2.96. The summed E-state index contributed by atoms with van der Waals surface area (Å²) >= 11 is 5.26. The van der Waals surface area contributed by atoms with E-state index in [0.717, 1.165) is 17.9 Å². The number of hydrogen-bond acceptors (Lipinski definition) is 3. The largest absolute Gasteiger partial charge is 0.444 e. The van der Waals surface area contributed by atoms with Gasteiger partial charge in [-0.2, -0.15) is 0 Å². The van der Waals surface area contributed by atoms with Crippen LogP contribution in [0.4, 0.5) is 0 Å². The number of hydrogen-bond donors (Lipinski definition) is 1. The predicted molar refractivity (Wildman–Crippen MR) is 64.0 cm³/mol. The molecule has 5 heteroatoms. The van der Waals surface area contributed by atoms with Gasteiger partial charge in [-0.25, -0.2) is 4.98 Å². The van der Waals surface area contributed by atoms with Crippen molar-refractivity contribution in [1.82, 2.24) is 14.5 Å². The zero-order valence-corrected chi connectivity index (χ0v) is 10.5. The van der Waals surface area contributed by atoms with Crippen LogP contribution in [0.5, 0.6) is 0 Å². The Morgan fingerprint density at radius 3 is 2.94 bits per heavy atom. The summed E-state index contributed by atoms with van der Waals surface area (Å²) in [6, 6.07) is 0.0300. The van der Waals surface area contributed by atoms with Crippen molar-refractivity contribution in [3.05, 3.63) is 34.5 Å². The van der Waals surface area contributed by atoms with E-state index in [0.29, 0.717) is 10.7 Å². The highest BCUT2D eigenvalue weighted by Gasteiger charge is 2.16. The number of oxazole rings is 1. The fourth-order valence-electron chi connectivity index (χ4n) is 1.79. The van der Waals surface area contributed by atoms with E-state index in [9.17, 15) is 0 Å². The van der Waals surface area contributed by atoms with Gasteiger partial charge in [0.05, 0.1) is 6.20 Å². The van der Waals surface area contributed by atoms with Gasteiger partial charge in [-0.3, -0.25) is 0 Å². The van der Waals surface area contributed by atoms with Crippen molar-refractivity contribution in [3.8, 4) is 0 Å². The molecule has 0 aliphatic rings. The molecule has 0 spiro atoms. The third kappa shape index (κ3) is 1.82. The van der Waals surface area contributed by atoms with Crippen LogP contribution >= 0.6 is 12.2 Å². The van der Waals surface area contributed by atoms with Crippen LogP contribution in [0.25, 0.3) is 0 Å². The summed E-state index contributed by atoms with van der Waals surface area (Å²) in [4.78, 5) is 7.29. The Labute approximate surface area is 99.3 Å². The van der Waals surface area contributed by atoms with Crippen LogP contribution in [0.1, 0.15) is 37.2 Å². The molecule has 2 aromatic heterocycles. The summed E-state index contributed by atoms with van der Waals surface area (Å²) in [5.74, 6) is 1.52. The van der Waals surface area contributed by atoms with Gasteiger partial charge in [0.1, 0.15) is 11.8 Å². The molecule has 86 valence electrons. The lowest BCUT2D eigenvalue weighted by atomic mass is 10.3. The van der Waals surface area contributed by atoms with Gasteiger partial charge < -0.3 is 14.0 Å². The molecule has 1 unspecified atom stereocenters. The second kappa shape index (κ2) is 4.25. The van der Waals surface area contributed by atoms with Gasteiger partial charge in [0, 0.05) is 11.9 Å². The highest BCUT2D eigenvalue weighted by molar-refractivity contribution is 7.71. The Morgan fingerprint density at radius 2 is 2.38 bits per heavy atom. The van der Waals surface area contributed by atoms with Gasteiger partial charge in [0.2, 0.25) is 5.89 Å². The van der Waals surface area contributed by atoms with E-state index in [4.69, 9.17) is 16.6 Å². The van der Waals surface area contributed by atoms with E-state index >= 15 is 0 Å². The third-order valence-corrected chi connectivity index (χ3v) is 2.95. The molecular formula is C11H15N3OS. The van der Waals surface area contributed by atoms with E-state index in [-0.39, 0.29) is 6.04 Å². The van der Waals surface area contributed by atoms with Gasteiger partial charge in [-0.05, 0) is 32.5 Å². The maximum Gasteiger partial charge on any atom is 0.217 e. The quantitative estimate of drug-likeness (QED) is 0.835. The number of aryl methyl sites for hydroxylation is 2. The highest BCUT2D eigenvalue weighted by atomic mass is 32.1. The Bertz CT molecular complexity index is 537. The average molecular weight is 237 g/mol. The van der Waals surface area contributed by atoms with Crippen LogP contribution in [0.3, 0.4) is 0 Å². The minimum absolute atomic E-state index is 0.0300. The average Bonchev–Trinajstić information content (AvgIpc) is 2.83. The number of aromatic nitrogens is 3. The van der Waals surface area contributed by atoms with Crippen molar-refractivity contribution in [3.63, 3.8) is 0 Å². The van der Waals surface area contributed by atoms with E-state index in [1.807, 2.05) is 24.6 Å². The third-order valence-electron chi connectivity index (χ3n) is 2.64. The zero-order chi connectivity index (χ0) is 11.7. The van der Waals surface area contributed by atoms with Gasteiger partial charge in [-0.1, -0.05) is 6.92 Å². The molecule has 16 heavy (non-hydrogen) atoms. The molecule has 0 aliphatic carbocycles. The first-order valence-electron chi connectivity index (χ1n) is 5.34. The van der Waals surface area contributed by atoms with E-state index in [2.05, 4.69) is 16.9 Å². The van der Waals surface area contributed by atoms with E-state index in [1.165, 1.54) is 0 Å². The van der Waals surface area contributed by atoms with Crippen molar-refractivity contribution < 1.29 is 4.42 Å². The molecule has 0 aliphatic heterocycles. The molecule has 4 nitrogen and oxygen atoms in total. The maximum absolute atomic E-state index is 5.53. The van der Waals surface area contributed by atoms with E-state index < -0.39 is 0 Å². The smallest absolute Gasteiger partial charge is 0.217 e. The molecule has 2 aromatic rings. The van der Waals surface area contributed by atoms with Gasteiger partial charge in [0.25, 0.3) is 0 Å². The summed E-state index contributed by atoms with van der Waals surface area (Å²) in [5.41, 5.74) is 1.16. The molecule has 1 N–H and O–H groups in total. The first-order valence-corrected chi connectivity index (χ1v) is 5.75. The standard InChI is InChI=1S/C11H15N3OS/c1-4-9-6-13-11(16)14(9)8(3)10-12-5-7(2)15-10/h5-6,8H,4H2,1-3H3,(H,13,16). The normalized spacial score (nSPS) is 12.9. The number of imidazole rings is 1. The Balaban J connectivity index is 2.44. The van der Waals surface area contributed by atoms with Crippen LogP contribution in [0.15, 0.2) is 16.8 Å². The first kappa shape index (κ1) is 11.1. The van der Waals surface area contributed by atoms with Crippen LogP contribution in [0.2, 0.25) is 0 Å². The zero-order valence-electron chi connectivity index (χ0n) is 9.65. The number of nitrogens with zero attached hydrogens (tertiary/aromatic N) is 2. The maximum atomic E-state index is 5.53. The molecule has 0 fully saturated rings. The van der Waals surface area contributed by atoms with Gasteiger partial charge in [-0.15, -0.1) is 0 Å². The molecular weight excluding hydrogens is 222 g/mol. The summed E-state index contributed by atoms with van der Waals surface area (Å²) in [7, 11) is 0. The lowest BCUT2D eigenvalue weighted by Gasteiger charge is -2.12. The van der Waals surface area contributed by atoms with Crippen molar-refractivity contribution in [1.29, 1.82) is 0 Å². The van der Waals surface area contributed by atoms with Crippen LogP contribution < -0.4 is 0 Å². The summed E-state index contributed by atoms with van der Waals surface area (Å²) in [6.45, 7) is 6.02. The Morgan fingerprint density at radius 1 is 1.62 bits per heavy atom. The van der Waals surface area contributed by atoms with Crippen molar-refractivity contribution in [2.24, 2.45) is 0 Å². The fourth-order valence-corrected chi connectivity index (χ4v) is 2.12. The molecule has 0 aromatic carbocycles. The van der Waals surface area contributed by atoms with Gasteiger partial charge in [0.15, 0.2) is 4.77 Å². The van der Waals surface area contributed by atoms with Crippen molar-refractivity contribution in [2.45, 2.75) is 33.2 Å². The molecule has 0 amide bonds. The number of nitrogens with one attached hydrogen (secondary N) is 1. The van der Waals surface area contributed by atoms with Crippen LogP contribution in [0, 0.1) is 11.7 Å².